The van der Waals surface area contributed by atoms with E-state index in [1.165, 1.54) is 24.3 Å². The van der Waals surface area contributed by atoms with E-state index in [9.17, 15) is 18.0 Å². The predicted molar refractivity (Wildman–Crippen MR) is 103 cm³/mol. The number of sulfonamides is 1. The normalized spacial score (nSPS) is 12.4. The van der Waals surface area contributed by atoms with Crippen molar-refractivity contribution in [3.63, 3.8) is 0 Å². The van der Waals surface area contributed by atoms with Crippen molar-refractivity contribution in [2.75, 3.05) is 5.32 Å². The Morgan fingerprint density at radius 1 is 1.07 bits per heavy atom. The Morgan fingerprint density at radius 2 is 1.74 bits per heavy atom. The maximum atomic E-state index is 12.3. The number of carbonyl (C=O) groups is 2. The second-order valence-electron chi connectivity index (χ2n) is 6.23. The Hall–Kier alpha value is -2.71. The van der Waals surface area contributed by atoms with E-state index in [0.29, 0.717) is 17.7 Å². The number of rotatable bonds is 8. The molecule has 2 rings (SSSR count). The van der Waals surface area contributed by atoms with Crippen molar-refractivity contribution in [1.29, 1.82) is 0 Å². The molecule has 0 radical (unpaired) electrons. The largest absolute Gasteiger partial charge is 0.478 e. The molecule has 0 aliphatic rings. The zero-order valence-corrected chi connectivity index (χ0v) is 15.9. The third-order valence-electron chi connectivity index (χ3n) is 3.91. The van der Waals surface area contributed by atoms with Gasteiger partial charge in [0.15, 0.2) is 0 Å². The minimum absolute atomic E-state index is 0.0126. The molecule has 2 aromatic rings. The Kier molecular flexibility index (Phi) is 6.70. The molecule has 1 amide bonds. The molecule has 144 valence electrons. The summed E-state index contributed by atoms with van der Waals surface area (Å²) in [6.07, 6.45) is 0.685. The van der Waals surface area contributed by atoms with Gasteiger partial charge < -0.3 is 10.4 Å². The highest BCUT2D eigenvalue weighted by atomic mass is 32.2. The van der Waals surface area contributed by atoms with Gasteiger partial charge in [-0.05, 0) is 49.2 Å². The molecular weight excluding hydrogens is 368 g/mol. The summed E-state index contributed by atoms with van der Waals surface area (Å²) < 4.78 is 26.9. The van der Waals surface area contributed by atoms with E-state index in [-0.39, 0.29) is 22.9 Å². The van der Waals surface area contributed by atoms with Crippen LogP contribution < -0.4 is 10.0 Å². The minimum Gasteiger partial charge on any atom is -0.478 e. The third kappa shape index (κ3) is 6.19. The number of nitrogens with one attached hydrogen (secondary N) is 2. The molecule has 0 aliphatic carbocycles. The number of hydrogen-bond acceptors (Lipinski definition) is 4. The van der Waals surface area contributed by atoms with E-state index < -0.39 is 21.9 Å². The molecule has 3 N–H and O–H groups in total. The zero-order valence-electron chi connectivity index (χ0n) is 15.1. The standard InChI is InChI=1S/C19H22N2O5S/c1-3-13(2)21-27(25,26)12-14-6-4-9-17(10-14)20-18(22)15-7-5-8-16(11-15)19(23)24/h4-11,13,21H,3,12H2,1-2H3,(H,20,22)(H,23,24). The van der Waals surface area contributed by atoms with Gasteiger partial charge in [-0.3, -0.25) is 4.79 Å². The SMILES string of the molecule is CCC(C)NS(=O)(=O)Cc1cccc(NC(=O)c2cccc(C(=O)O)c2)c1. The van der Waals surface area contributed by atoms with Crippen molar-refractivity contribution in [1.82, 2.24) is 4.72 Å². The van der Waals surface area contributed by atoms with Crippen LogP contribution in [-0.4, -0.2) is 31.4 Å². The molecule has 0 saturated carbocycles. The third-order valence-corrected chi connectivity index (χ3v) is 5.38. The molecule has 1 atom stereocenters. The van der Waals surface area contributed by atoms with E-state index >= 15 is 0 Å². The molecule has 27 heavy (non-hydrogen) atoms. The van der Waals surface area contributed by atoms with Gasteiger partial charge in [0.1, 0.15) is 0 Å². The van der Waals surface area contributed by atoms with Crippen LogP contribution in [0.1, 0.15) is 46.5 Å². The summed E-state index contributed by atoms with van der Waals surface area (Å²) in [5.41, 5.74) is 1.17. The molecule has 2 aromatic carbocycles. The lowest BCUT2D eigenvalue weighted by Gasteiger charge is -2.13. The summed E-state index contributed by atoms with van der Waals surface area (Å²) >= 11 is 0. The molecule has 8 heteroatoms. The van der Waals surface area contributed by atoms with Gasteiger partial charge in [0, 0.05) is 17.3 Å². The van der Waals surface area contributed by atoms with Crippen LogP contribution in [0.4, 0.5) is 5.69 Å². The molecule has 0 saturated heterocycles. The number of carbonyl (C=O) groups excluding carboxylic acids is 1. The summed E-state index contributed by atoms with van der Waals surface area (Å²) in [7, 11) is -3.49. The molecule has 0 aliphatic heterocycles. The van der Waals surface area contributed by atoms with Gasteiger partial charge in [-0.25, -0.2) is 17.9 Å². The van der Waals surface area contributed by atoms with Crippen LogP contribution in [-0.2, 0) is 15.8 Å². The molecule has 0 bridgehead atoms. The van der Waals surface area contributed by atoms with Crippen LogP contribution in [0.5, 0.6) is 0 Å². The summed E-state index contributed by atoms with van der Waals surface area (Å²) in [5, 5.41) is 11.7. The Labute approximate surface area is 158 Å². The predicted octanol–water partition coefficient (Wildman–Crippen LogP) is 2.86. The highest BCUT2D eigenvalue weighted by Crippen LogP contribution is 2.15. The van der Waals surface area contributed by atoms with E-state index in [0.717, 1.165) is 0 Å². The van der Waals surface area contributed by atoms with Crippen LogP contribution >= 0.6 is 0 Å². The average Bonchev–Trinajstić information content (AvgIpc) is 2.61. The van der Waals surface area contributed by atoms with Gasteiger partial charge in [0.05, 0.1) is 11.3 Å². The molecular formula is C19H22N2O5S. The fourth-order valence-corrected chi connectivity index (χ4v) is 3.87. The molecule has 0 spiro atoms. The first kappa shape index (κ1) is 20.6. The maximum Gasteiger partial charge on any atom is 0.335 e. The Bertz CT molecular complexity index is 941. The molecule has 0 heterocycles. The number of benzene rings is 2. The van der Waals surface area contributed by atoms with Crippen molar-refractivity contribution in [3.05, 3.63) is 65.2 Å². The first-order valence-corrected chi connectivity index (χ1v) is 10.1. The van der Waals surface area contributed by atoms with Crippen molar-refractivity contribution in [2.24, 2.45) is 0 Å². The van der Waals surface area contributed by atoms with Crippen LogP contribution in [0, 0.1) is 0 Å². The smallest absolute Gasteiger partial charge is 0.335 e. The highest BCUT2D eigenvalue weighted by Gasteiger charge is 2.15. The lowest BCUT2D eigenvalue weighted by molar-refractivity contribution is 0.0697. The van der Waals surface area contributed by atoms with E-state index in [1.54, 1.807) is 31.2 Å². The maximum absolute atomic E-state index is 12.3. The fraction of sp³-hybridized carbons (Fsp3) is 0.263. The summed E-state index contributed by atoms with van der Waals surface area (Å²) in [5.74, 6) is -1.79. The van der Waals surface area contributed by atoms with Crippen LogP contribution in [0.15, 0.2) is 48.5 Å². The molecule has 7 nitrogen and oxygen atoms in total. The number of carboxylic acids is 1. The van der Waals surface area contributed by atoms with Gasteiger partial charge in [-0.15, -0.1) is 0 Å². The van der Waals surface area contributed by atoms with Crippen molar-refractivity contribution < 1.29 is 23.1 Å². The Balaban J connectivity index is 2.12. The quantitative estimate of drug-likeness (QED) is 0.641. The highest BCUT2D eigenvalue weighted by molar-refractivity contribution is 7.88. The van der Waals surface area contributed by atoms with Gasteiger partial charge in [-0.2, -0.15) is 0 Å². The summed E-state index contributed by atoms with van der Waals surface area (Å²) in [6, 6.07) is 12.0. The summed E-state index contributed by atoms with van der Waals surface area (Å²) in [4.78, 5) is 23.4. The zero-order chi connectivity index (χ0) is 20.0. The van der Waals surface area contributed by atoms with E-state index in [2.05, 4.69) is 10.0 Å². The topological polar surface area (TPSA) is 113 Å². The monoisotopic (exact) mass is 390 g/mol. The molecule has 0 aromatic heterocycles. The number of amides is 1. The van der Waals surface area contributed by atoms with E-state index in [1.807, 2.05) is 6.92 Å². The second kappa shape index (κ2) is 8.79. The van der Waals surface area contributed by atoms with Gasteiger partial charge in [-0.1, -0.05) is 25.1 Å². The first-order chi connectivity index (χ1) is 12.7. The fourth-order valence-electron chi connectivity index (χ4n) is 2.39. The summed E-state index contributed by atoms with van der Waals surface area (Å²) in [6.45, 7) is 3.68. The van der Waals surface area contributed by atoms with Crippen LogP contribution in [0.2, 0.25) is 0 Å². The number of carboxylic acid groups (broad SMARTS) is 1. The van der Waals surface area contributed by atoms with Crippen molar-refractivity contribution in [3.8, 4) is 0 Å². The lowest BCUT2D eigenvalue weighted by Crippen LogP contribution is -2.32. The minimum atomic E-state index is -3.49. The van der Waals surface area contributed by atoms with E-state index in [4.69, 9.17) is 5.11 Å². The van der Waals surface area contributed by atoms with Gasteiger partial charge in [0.2, 0.25) is 10.0 Å². The van der Waals surface area contributed by atoms with Gasteiger partial charge >= 0.3 is 5.97 Å². The van der Waals surface area contributed by atoms with Gasteiger partial charge in [0.25, 0.3) is 5.91 Å². The average molecular weight is 390 g/mol. The van der Waals surface area contributed by atoms with Crippen molar-refractivity contribution in [2.45, 2.75) is 32.1 Å². The second-order valence-corrected chi connectivity index (χ2v) is 7.98. The number of hydrogen-bond donors (Lipinski definition) is 3. The van der Waals surface area contributed by atoms with Crippen LogP contribution in [0.25, 0.3) is 0 Å². The first-order valence-electron chi connectivity index (χ1n) is 8.44. The molecule has 1 unspecified atom stereocenters. The lowest BCUT2D eigenvalue weighted by atomic mass is 10.1. The molecule has 0 fully saturated rings. The van der Waals surface area contributed by atoms with Crippen LogP contribution in [0.3, 0.4) is 0 Å². The van der Waals surface area contributed by atoms with Crippen molar-refractivity contribution >= 4 is 27.6 Å². The Morgan fingerprint density at radius 3 is 2.41 bits per heavy atom. The number of anilines is 1. The number of aromatic carboxylic acids is 1.